The fourth-order valence-electron chi connectivity index (χ4n) is 1.57. The van der Waals surface area contributed by atoms with Gasteiger partial charge in [-0.25, -0.2) is 9.37 Å². The number of benzene rings is 1. The Morgan fingerprint density at radius 3 is 2.76 bits per heavy atom. The monoisotopic (exact) mass is 231 g/mol. The minimum atomic E-state index is -0.351. The van der Waals surface area contributed by atoms with Crippen LogP contribution in [0.3, 0.4) is 0 Å². The second kappa shape index (κ2) is 4.74. The van der Waals surface area contributed by atoms with Gasteiger partial charge >= 0.3 is 0 Å². The summed E-state index contributed by atoms with van der Waals surface area (Å²) in [6.45, 7) is 0. The standard InChI is InChI=1S/C13H10FNO2/c1-17-13-10(8-16)6-9(7-15-13)11-4-2-3-5-12(11)14/h2-8H,1H3. The van der Waals surface area contributed by atoms with E-state index in [-0.39, 0.29) is 11.7 Å². The SMILES string of the molecule is COc1ncc(-c2ccccc2F)cc1C=O. The Bertz CT molecular complexity index is 555. The highest BCUT2D eigenvalue weighted by Gasteiger charge is 2.09. The predicted molar refractivity (Wildman–Crippen MR) is 61.6 cm³/mol. The number of rotatable bonds is 3. The van der Waals surface area contributed by atoms with Crippen LogP contribution < -0.4 is 4.74 Å². The first-order chi connectivity index (χ1) is 8.26. The number of ether oxygens (including phenoxy) is 1. The number of carbonyl (C=O) groups is 1. The highest BCUT2D eigenvalue weighted by molar-refractivity contribution is 5.81. The number of methoxy groups -OCH3 is 1. The third-order valence-electron chi connectivity index (χ3n) is 2.38. The van der Waals surface area contributed by atoms with Crippen LogP contribution in [0, 0.1) is 5.82 Å². The molecule has 0 atom stereocenters. The summed E-state index contributed by atoms with van der Waals surface area (Å²) in [5.74, 6) is -0.114. The van der Waals surface area contributed by atoms with E-state index < -0.39 is 0 Å². The maximum Gasteiger partial charge on any atom is 0.223 e. The molecule has 0 saturated carbocycles. The van der Waals surface area contributed by atoms with Crippen LogP contribution in [0.4, 0.5) is 4.39 Å². The van der Waals surface area contributed by atoms with Crippen molar-refractivity contribution >= 4 is 6.29 Å². The number of carbonyl (C=O) groups excluding carboxylic acids is 1. The van der Waals surface area contributed by atoms with Gasteiger partial charge in [-0.3, -0.25) is 4.79 Å². The van der Waals surface area contributed by atoms with E-state index in [0.717, 1.165) is 0 Å². The first-order valence-electron chi connectivity index (χ1n) is 5.00. The van der Waals surface area contributed by atoms with E-state index in [9.17, 15) is 9.18 Å². The van der Waals surface area contributed by atoms with Gasteiger partial charge in [-0.15, -0.1) is 0 Å². The number of aldehydes is 1. The smallest absolute Gasteiger partial charge is 0.223 e. The molecule has 17 heavy (non-hydrogen) atoms. The lowest BCUT2D eigenvalue weighted by Crippen LogP contribution is -1.95. The van der Waals surface area contributed by atoms with E-state index in [4.69, 9.17) is 4.74 Å². The topological polar surface area (TPSA) is 39.2 Å². The molecule has 0 aliphatic carbocycles. The molecule has 1 aromatic carbocycles. The Labute approximate surface area is 97.9 Å². The molecule has 0 aliphatic rings. The average Bonchev–Trinajstić information content (AvgIpc) is 2.38. The number of pyridine rings is 1. The lowest BCUT2D eigenvalue weighted by Gasteiger charge is -2.06. The van der Waals surface area contributed by atoms with Crippen LogP contribution in [0.2, 0.25) is 0 Å². The molecule has 1 aromatic heterocycles. The summed E-state index contributed by atoms with van der Waals surface area (Å²) < 4.78 is 18.5. The van der Waals surface area contributed by atoms with Crippen LogP contribution in [0.15, 0.2) is 36.5 Å². The molecule has 3 nitrogen and oxygen atoms in total. The van der Waals surface area contributed by atoms with E-state index in [1.54, 1.807) is 24.3 Å². The van der Waals surface area contributed by atoms with Gasteiger partial charge in [-0.05, 0) is 12.1 Å². The highest BCUT2D eigenvalue weighted by atomic mass is 19.1. The van der Waals surface area contributed by atoms with Gasteiger partial charge < -0.3 is 4.74 Å². The van der Waals surface area contributed by atoms with Crippen molar-refractivity contribution in [3.8, 4) is 17.0 Å². The van der Waals surface area contributed by atoms with Gasteiger partial charge in [0.05, 0.1) is 12.7 Å². The van der Waals surface area contributed by atoms with Crippen LogP contribution in [-0.4, -0.2) is 18.4 Å². The summed E-state index contributed by atoms with van der Waals surface area (Å²) in [4.78, 5) is 14.8. The van der Waals surface area contributed by atoms with Crippen LogP contribution in [0.1, 0.15) is 10.4 Å². The zero-order valence-corrected chi connectivity index (χ0v) is 9.18. The molecule has 0 bridgehead atoms. The second-order valence-electron chi connectivity index (χ2n) is 3.42. The molecule has 0 aliphatic heterocycles. The van der Waals surface area contributed by atoms with Crippen molar-refractivity contribution < 1.29 is 13.9 Å². The molecule has 2 aromatic rings. The normalized spacial score (nSPS) is 10.0. The molecule has 4 heteroatoms. The van der Waals surface area contributed by atoms with E-state index in [0.29, 0.717) is 23.0 Å². The van der Waals surface area contributed by atoms with Crippen molar-refractivity contribution in [2.24, 2.45) is 0 Å². The van der Waals surface area contributed by atoms with Gasteiger partial charge in [-0.1, -0.05) is 18.2 Å². The van der Waals surface area contributed by atoms with Gasteiger partial charge in [0.25, 0.3) is 0 Å². The molecule has 2 rings (SSSR count). The third-order valence-corrected chi connectivity index (χ3v) is 2.38. The van der Waals surface area contributed by atoms with Gasteiger partial charge in [0.2, 0.25) is 5.88 Å². The van der Waals surface area contributed by atoms with E-state index in [2.05, 4.69) is 4.98 Å². The number of hydrogen-bond acceptors (Lipinski definition) is 3. The maximum absolute atomic E-state index is 13.5. The first-order valence-corrected chi connectivity index (χ1v) is 5.00. The van der Waals surface area contributed by atoms with Crippen molar-refractivity contribution in [2.75, 3.05) is 7.11 Å². The summed E-state index contributed by atoms with van der Waals surface area (Å²) in [5, 5.41) is 0. The average molecular weight is 231 g/mol. The van der Waals surface area contributed by atoms with Gasteiger partial charge in [0, 0.05) is 17.3 Å². The Hall–Kier alpha value is -2.23. The van der Waals surface area contributed by atoms with Crippen molar-refractivity contribution in [1.82, 2.24) is 4.98 Å². The minimum absolute atomic E-state index is 0.236. The minimum Gasteiger partial charge on any atom is -0.480 e. The summed E-state index contributed by atoms with van der Waals surface area (Å²) in [6.07, 6.45) is 2.11. The highest BCUT2D eigenvalue weighted by Crippen LogP contribution is 2.25. The van der Waals surface area contributed by atoms with Crippen LogP contribution in [-0.2, 0) is 0 Å². The number of halogens is 1. The second-order valence-corrected chi connectivity index (χ2v) is 3.42. The number of nitrogens with zero attached hydrogens (tertiary/aromatic N) is 1. The van der Waals surface area contributed by atoms with Crippen molar-refractivity contribution in [3.05, 3.63) is 47.9 Å². The molecule has 0 saturated heterocycles. The molecular weight excluding hydrogens is 221 g/mol. The lowest BCUT2D eigenvalue weighted by atomic mass is 10.1. The van der Waals surface area contributed by atoms with Crippen molar-refractivity contribution in [1.29, 1.82) is 0 Å². The fraction of sp³-hybridized carbons (Fsp3) is 0.0769. The summed E-state index contributed by atoms with van der Waals surface area (Å²) in [6, 6.07) is 7.88. The Balaban J connectivity index is 2.54. The summed E-state index contributed by atoms with van der Waals surface area (Å²) in [7, 11) is 1.43. The van der Waals surface area contributed by atoms with Crippen LogP contribution >= 0.6 is 0 Å². The van der Waals surface area contributed by atoms with Gasteiger partial charge in [0.15, 0.2) is 6.29 Å². The van der Waals surface area contributed by atoms with E-state index in [1.165, 1.54) is 19.4 Å². The lowest BCUT2D eigenvalue weighted by molar-refractivity contribution is 0.112. The molecule has 86 valence electrons. The van der Waals surface area contributed by atoms with Crippen molar-refractivity contribution in [2.45, 2.75) is 0 Å². The molecule has 0 radical (unpaired) electrons. The largest absolute Gasteiger partial charge is 0.480 e. The molecule has 0 N–H and O–H groups in total. The maximum atomic E-state index is 13.5. The zero-order valence-electron chi connectivity index (χ0n) is 9.18. The van der Waals surface area contributed by atoms with Gasteiger partial charge in [0.1, 0.15) is 5.82 Å². The molecule has 0 unspecified atom stereocenters. The van der Waals surface area contributed by atoms with Gasteiger partial charge in [-0.2, -0.15) is 0 Å². The molecule has 0 fully saturated rings. The predicted octanol–water partition coefficient (Wildman–Crippen LogP) is 2.71. The number of aromatic nitrogens is 1. The summed E-state index contributed by atoms with van der Waals surface area (Å²) in [5.41, 5.74) is 1.25. The Kier molecular flexibility index (Phi) is 3.14. The van der Waals surface area contributed by atoms with Crippen LogP contribution in [0.5, 0.6) is 5.88 Å². The third kappa shape index (κ3) is 2.15. The zero-order chi connectivity index (χ0) is 12.3. The molecular formula is C13H10FNO2. The van der Waals surface area contributed by atoms with Crippen LogP contribution in [0.25, 0.3) is 11.1 Å². The molecule has 0 spiro atoms. The Morgan fingerprint density at radius 1 is 1.35 bits per heavy atom. The quantitative estimate of drug-likeness (QED) is 0.762. The van der Waals surface area contributed by atoms with E-state index in [1.807, 2.05) is 0 Å². The summed E-state index contributed by atoms with van der Waals surface area (Å²) >= 11 is 0. The van der Waals surface area contributed by atoms with E-state index >= 15 is 0 Å². The van der Waals surface area contributed by atoms with Crippen molar-refractivity contribution in [3.63, 3.8) is 0 Å². The first kappa shape index (κ1) is 11.3. The molecule has 1 heterocycles. The molecule has 0 amide bonds. The Morgan fingerprint density at radius 2 is 2.12 bits per heavy atom. The number of hydrogen-bond donors (Lipinski definition) is 0. The fourth-order valence-corrected chi connectivity index (χ4v) is 1.57.